The lowest BCUT2D eigenvalue weighted by Crippen LogP contribution is -2.34. The van der Waals surface area contributed by atoms with Gasteiger partial charge in [-0.15, -0.1) is 0 Å². The van der Waals surface area contributed by atoms with E-state index in [-0.39, 0.29) is 4.90 Å². The van der Waals surface area contributed by atoms with Crippen molar-refractivity contribution in [1.82, 2.24) is 14.5 Å². The number of aryl methyl sites for hydroxylation is 2. The fraction of sp³-hybridized carbons (Fsp3) is 0.692. The molecule has 112 valence electrons. The Balaban J connectivity index is 3.25. The van der Waals surface area contributed by atoms with Gasteiger partial charge in [-0.2, -0.15) is 15.1 Å². The maximum absolute atomic E-state index is 12.5. The molecule has 0 fully saturated rings. The van der Waals surface area contributed by atoms with Crippen LogP contribution in [0.25, 0.3) is 0 Å². The Kier molecular flexibility index (Phi) is 5.72. The van der Waals surface area contributed by atoms with Gasteiger partial charge in [0.05, 0.1) is 17.5 Å². The van der Waals surface area contributed by atoms with Gasteiger partial charge in [-0.25, -0.2) is 8.42 Å². The largest absolute Gasteiger partial charge is 0.271 e. The highest BCUT2D eigenvalue weighted by molar-refractivity contribution is 7.89. The SMILES string of the molecule is CCC[C@@H](C#N)NS(=O)(=O)c1c(CC)nn(C)c1CC. The van der Waals surface area contributed by atoms with Crippen LogP contribution >= 0.6 is 0 Å². The van der Waals surface area contributed by atoms with Crippen molar-refractivity contribution in [2.45, 2.75) is 57.4 Å². The summed E-state index contributed by atoms with van der Waals surface area (Å²) in [6.07, 6.45) is 2.35. The molecule has 0 bridgehead atoms. The molecule has 0 saturated carbocycles. The first kappa shape index (κ1) is 16.7. The second-order valence-electron chi connectivity index (χ2n) is 4.64. The van der Waals surface area contributed by atoms with Gasteiger partial charge in [-0.1, -0.05) is 27.2 Å². The van der Waals surface area contributed by atoms with Crippen LogP contribution in [0.5, 0.6) is 0 Å². The third-order valence-electron chi connectivity index (χ3n) is 3.15. The fourth-order valence-corrected chi connectivity index (χ4v) is 3.96. The van der Waals surface area contributed by atoms with E-state index in [9.17, 15) is 8.42 Å². The van der Waals surface area contributed by atoms with Gasteiger partial charge in [0, 0.05) is 7.05 Å². The molecule has 1 aromatic heterocycles. The molecular weight excluding hydrogens is 276 g/mol. The molecule has 0 spiro atoms. The van der Waals surface area contributed by atoms with Crippen LogP contribution in [0.3, 0.4) is 0 Å². The minimum Gasteiger partial charge on any atom is -0.271 e. The van der Waals surface area contributed by atoms with E-state index in [0.29, 0.717) is 30.7 Å². The van der Waals surface area contributed by atoms with Gasteiger partial charge in [0.15, 0.2) is 0 Å². The van der Waals surface area contributed by atoms with Crippen LogP contribution in [0.2, 0.25) is 0 Å². The topological polar surface area (TPSA) is 87.8 Å². The molecule has 0 radical (unpaired) electrons. The van der Waals surface area contributed by atoms with E-state index in [1.807, 2.05) is 26.8 Å². The smallest absolute Gasteiger partial charge is 0.245 e. The summed E-state index contributed by atoms with van der Waals surface area (Å²) in [5.41, 5.74) is 1.22. The summed E-state index contributed by atoms with van der Waals surface area (Å²) >= 11 is 0. The molecule has 0 aliphatic rings. The van der Waals surface area contributed by atoms with Gasteiger partial charge in [-0.3, -0.25) is 4.68 Å². The molecular formula is C13H22N4O2S. The van der Waals surface area contributed by atoms with Crippen LogP contribution < -0.4 is 4.72 Å². The first-order chi connectivity index (χ1) is 9.41. The van der Waals surface area contributed by atoms with Crippen molar-refractivity contribution < 1.29 is 8.42 Å². The molecule has 7 heteroatoms. The lowest BCUT2D eigenvalue weighted by atomic mass is 10.2. The highest BCUT2D eigenvalue weighted by atomic mass is 32.2. The number of nitrogens with zero attached hydrogens (tertiary/aromatic N) is 3. The first-order valence-corrected chi connectivity index (χ1v) is 8.36. The van der Waals surface area contributed by atoms with Crippen molar-refractivity contribution in [2.75, 3.05) is 0 Å². The Hall–Kier alpha value is -1.39. The maximum atomic E-state index is 12.5. The maximum Gasteiger partial charge on any atom is 0.245 e. The molecule has 0 saturated heterocycles. The van der Waals surface area contributed by atoms with Gasteiger partial charge in [0.2, 0.25) is 10.0 Å². The molecule has 6 nitrogen and oxygen atoms in total. The molecule has 0 amide bonds. The number of sulfonamides is 1. The molecule has 0 aliphatic carbocycles. The average molecular weight is 298 g/mol. The van der Waals surface area contributed by atoms with Crippen molar-refractivity contribution in [3.05, 3.63) is 11.4 Å². The molecule has 0 unspecified atom stereocenters. The second-order valence-corrected chi connectivity index (χ2v) is 6.30. The Morgan fingerprint density at radius 2 is 2.00 bits per heavy atom. The molecule has 1 N–H and O–H groups in total. The number of aromatic nitrogens is 2. The Bertz CT molecular complexity index is 599. The van der Waals surface area contributed by atoms with Crippen molar-refractivity contribution in [3.63, 3.8) is 0 Å². The number of hydrogen-bond acceptors (Lipinski definition) is 4. The van der Waals surface area contributed by atoms with Gasteiger partial charge in [0.1, 0.15) is 10.9 Å². The van der Waals surface area contributed by atoms with Gasteiger partial charge < -0.3 is 0 Å². The Morgan fingerprint density at radius 3 is 2.45 bits per heavy atom. The van der Waals surface area contributed by atoms with Crippen LogP contribution in [-0.2, 0) is 29.9 Å². The van der Waals surface area contributed by atoms with Crippen LogP contribution in [0.1, 0.15) is 45.0 Å². The van der Waals surface area contributed by atoms with Crippen LogP contribution in [-0.4, -0.2) is 24.2 Å². The normalized spacial score (nSPS) is 13.2. The third-order valence-corrected chi connectivity index (χ3v) is 4.76. The van der Waals surface area contributed by atoms with E-state index >= 15 is 0 Å². The van der Waals surface area contributed by atoms with E-state index in [1.165, 1.54) is 0 Å². The zero-order valence-corrected chi connectivity index (χ0v) is 13.3. The van der Waals surface area contributed by atoms with Crippen LogP contribution in [0.4, 0.5) is 0 Å². The summed E-state index contributed by atoms with van der Waals surface area (Å²) in [4.78, 5) is 0.237. The fourth-order valence-electron chi connectivity index (χ4n) is 2.22. The van der Waals surface area contributed by atoms with Crippen LogP contribution in [0, 0.1) is 11.3 Å². The average Bonchev–Trinajstić information content (AvgIpc) is 2.74. The number of hydrogen-bond donors (Lipinski definition) is 1. The zero-order valence-electron chi connectivity index (χ0n) is 12.5. The lowest BCUT2D eigenvalue weighted by Gasteiger charge is -2.12. The van der Waals surface area contributed by atoms with Crippen LogP contribution in [0.15, 0.2) is 4.90 Å². The zero-order chi connectivity index (χ0) is 15.3. The second kappa shape index (κ2) is 6.86. The first-order valence-electron chi connectivity index (χ1n) is 6.87. The minimum atomic E-state index is -3.71. The van der Waals surface area contributed by atoms with Crippen molar-refractivity contribution in [2.24, 2.45) is 7.05 Å². The quantitative estimate of drug-likeness (QED) is 0.826. The summed E-state index contributed by atoms with van der Waals surface area (Å²) < 4.78 is 29.2. The predicted octanol–water partition coefficient (Wildman–Crippen LogP) is 1.52. The van der Waals surface area contributed by atoms with E-state index in [1.54, 1.807) is 11.7 Å². The van der Waals surface area contributed by atoms with Gasteiger partial charge in [-0.05, 0) is 19.3 Å². The molecule has 1 rings (SSSR count). The predicted molar refractivity (Wildman–Crippen MR) is 76.6 cm³/mol. The van der Waals surface area contributed by atoms with E-state index in [4.69, 9.17) is 5.26 Å². The highest BCUT2D eigenvalue weighted by Crippen LogP contribution is 2.21. The molecule has 1 heterocycles. The number of nitrogens with one attached hydrogen (secondary N) is 1. The summed E-state index contributed by atoms with van der Waals surface area (Å²) in [5, 5.41) is 13.3. The van der Waals surface area contributed by atoms with Gasteiger partial charge >= 0.3 is 0 Å². The summed E-state index contributed by atoms with van der Waals surface area (Å²) in [6.45, 7) is 5.68. The molecule has 0 aromatic carbocycles. The Labute approximate surface area is 120 Å². The summed E-state index contributed by atoms with van der Waals surface area (Å²) in [6, 6.07) is 1.30. The van der Waals surface area contributed by atoms with Crippen molar-refractivity contribution in [3.8, 4) is 6.07 Å². The lowest BCUT2D eigenvalue weighted by molar-refractivity contribution is 0.560. The third kappa shape index (κ3) is 3.38. The van der Waals surface area contributed by atoms with Crippen molar-refractivity contribution in [1.29, 1.82) is 5.26 Å². The van der Waals surface area contributed by atoms with E-state index < -0.39 is 16.1 Å². The van der Waals surface area contributed by atoms with Crippen molar-refractivity contribution >= 4 is 10.0 Å². The molecule has 20 heavy (non-hydrogen) atoms. The van der Waals surface area contributed by atoms with E-state index in [2.05, 4.69) is 9.82 Å². The highest BCUT2D eigenvalue weighted by Gasteiger charge is 2.28. The standard InChI is InChI=1S/C13H22N4O2S/c1-5-8-10(9-14)16-20(18,19)13-11(6-2)15-17(4)12(13)7-3/h10,16H,5-8H2,1-4H3/t10-/m0/s1. The van der Waals surface area contributed by atoms with Gasteiger partial charge in [0.25, 0.3) is 0 Å². The monoisotopic (exact) mass is 298 g/mol. The molecule has 1 atom stereocenters. The number of rotatable bonds is 7. The Morgan fingerprint density at radius 1 is 1.35 bits per heavy atom. The summed E-state index contributed by atoms with van der Waals surface area (Å²) in [5.74, 6) is 0. The molecule has 0 aliphatic heterocycles. The minimum absolute atomic E-state index is 0.237. The summed E-state index contributed by atoms with van der Waals surface area (Å²) in [7, 11) is -1.97. The number of nitriles is 1. The van der Waals surface area contributed by atoms with E-state index in [0.717, 1.165) is 6.42 Å². The molecule has 1 aromatic rings.